The van der Waals surface area contributed by atoms with E-state index in [9.17, 15) is 14.7 Å². The third kappa shape index (κ3) is 2.48. The van der Waals surface area contributed by atoms with Crippen molar-refractivity contribution in [3.8, 4) is 0 Å². The predicted octanol–water partition coefficient (Wildman–Crippen LogP) is 2.63. The van der Waals surface area contributed by atoms with Crippen LogP contribution >= 0.6 is 11.3 Å². The average molecular weight is 299 g/mol. The van der Waals surface area contributed by atoms with Crippen LogP contribution in [0.3, 0.4) is 0 Å². The van der Waals surface area contributed by atoms with Gasteiger partial charge in [-0.3, -0.25) is 14.5 Å². The van der Waals surface area contributed by atoms with E-state index in [0.717, 1.165) is 10.5 Å². The number of aliphatic hydroxyl groups excluding tert-OH is 1. The second kappa shape index (κ2) is 5.54. The minimum atomic E-state index is -0.612. The third-order valence-corrected chi connectivity index (χ3v) is 4.27. The number of nitrogens with zero attached hydrogens (tertiary/aromatic N) is 1. The highest BCUT2D eigenvalue weighted by Gasteiger charge is 2.39. The largest absolute Gasteiger partial charge is 0.502 e. The zero-order chi connectivity index (χ0) is 14.8. The van der Waals surface area contributed by atoms with E-state index >= 15 is 0 Å². The van der Waals surface area contributed by atoms with Crippen LogP contribution in [0.25, 0.3) is 5.57 Å². The number of carbonyl (C=O) groups excluding carboxylic acids is 2. The van der Waals surface area contributed by atoms with Gasteiger partial charge in [-0.25, -0.2) is 0 Å². The number of hydrogen-bond acceptors (Lipinski definition) is 4. The van der Waals surface area contributed by atoms with Crippen LogP contribution in [-0.4, -0.2) is 28.4 Å². The van der Waals surface area contributed by atoms with Gasteiger partial charge >= 0.3 is 0 Å². The number of amides is 2. The molecule has 1 aromatic heterocycles. The Labute approximate surface area is 126 Å². The highest BCUT2D eigenvalue weighted by atomic mass is 32.1. The van der Waals surface area contributed by atoms with E-state index in [1.165, 1.54) is 11.3 Å². The number of aliphatic hydroxyl groups is 1. The fourth-order valence-corrected chi connectivity index (χ4v) is 3.06. The Hall–Kier alpha value is -2.40. The molecule has 2 heterocycles. The van der Waals surface area contributed by atoms with Gasteiger partial charge in [-0.1, -0.05) is 36.4 Å². The van der Waals surface area contributed by atoms with Gasteiger partial charge in [-0.05, 0) is 23.4 Å². The first-order chi connectivity index (χ1) is 10.2. The van der Waals surface area contributed by atoms with Gasteiger partial charge in [0.1, 0.15) is 5.57 Å². The summed E-state index contributed by atoms with van der Waals surface area (Å²) in [7, 11) is 0. The molecule has 0 saturated heterocycles. The normalized spacial score (nSPS) is 15.1. The summed E-state index contributed by atoms with van der Waals surface area (Å²) in [5.74, 6) is -1.48. The van der Waals surface area contributed by atoms with Crippen molar-refractivity contribution in [1.82, 2.24) is 4.90 Å². The molecule has 3 rings (SSSR count). The third-order valence-electron chi connectivity index (χ3n) is 3.38. The number of benzene rings is 1. The van der Waals surface area contributed by atoms with Gasteiger partial charge in [0.15, 0.2) is 5.76 Å². The molecule has 1 aliphatic rings. The molecule has 0 aliphatic carbocycles. The fourth-order valence-electron chi connectivity index (χ4n) is 2.29. The van der Waals surface area contributed by atoms with E-state index in [-0.39, 0.29) is 12.1 Å². The molecule has 0 atom stereocenters. The lowest BCUT2D eigenvalue weighted by molar-refractivity contribution is -0.138. The lowest BCUT2D eigenvalue weighted by Crippen LogP contribution is -2.33. The summed E-state index contributed by atoms with van der Waals surface area (Å²) < 4.78 is 0. The zero-order valence-electron chi connectivity index (χ0n) is 11.2. The number of imide groups is 1. The summed E-state index contributed by atoms with van der Waals surface area (Å²) in [6.45, 7) is 0.264. The van der Waals surface area contributed by atoms with Crippen molar-refractivity contribution < 1.29 is 14.7 Å². The minimum Gasteiger partial charge on any atom is -0.502 e. The molecule has 1 aromatic carbocycles. The van der Waals surface area contributed by atoms with Crippen LogP contribution in [0.4, 0.5) is 0 Å². The molecule has 0 radical (unpaired) electrons. The Balaban J connectivity index is 1.78. The van der Waals surface area contributed by atoms with Crippen molar-refractivity contribution in [3.63, 3.8) is 0 Å². The highest BCUT2D eigenvalue weighted by molar-refractivity contribution is 7.11. The van der Waals surface area contributed by atoms with Crippen molar-refractivity contribution in [2.24, 2.45) is 0 Å². The average Bonchev–Trinajstić information content (AvgIpc) is 3.08. The molecule has 0 saturated carbocycles. The number of hydrogen-bond donors (Lipinski definition) is 1. The van der Waals surface area contributed by atoms with Crippen LogP contribution in [0, 0.1) is 0 Å². The molecular weight excluding hydrogens is 286 g/mol. The Kier molecular flexibility index (Phi) is 3.58. The van der Waals surface area contributed by atoms with Crippen LogP contribution in [-0.2, 0) is 16.0 Å². The monoisotopic (exact) mass is 299 g/mol. The maximum Gasteiger partial charge on any atom is 0.296 e. The molecule has 1 N–H and O–H groups in total. The summed E-state index contributed by atoms with van der Waals surface area (Å²) in [6, 6.07) is 13.1. The molecular formula is C16H13NO3S. The number of thiophene rings is 1. The Morgan fingerprint density at radius 1 is 1.00 bits per heavy atom. The molecule has 5 heteroatoms. The summed E-state index contributed by atoms with van der Waals surface area (Å²) >= 11 is 1.33. The molecule has 2 aromatic rings. The smallest absolute Gasteiger partial charge is 0.296 e. The van der Waals surface area contributed by atoms with E-state index in [1.54, 1.807) is 17.5 Å². The molecule has 21 heavy (non-hydrogen) atoms. The van der Waals surface area contributed by atoms with Crippen molar-refractivity contribution in [2.75, 3.05) is 6.54 Å². The van der Waals surface area contributed by atoms with E-state index in [1.807, 2.05) is 30.3 Å². The summed E-state index contributed by atoms with van der Waals surface area (Å²) in [6.07, 6.45) is 0.573. The first-order valence-corrected chi connectivity index (χ1v) is 7.43. The molecule has 1 aliphatic heterocycles. The van der Waals surface area contributed by atoms with E-state index < -0.39 is 17.6 Å². The molecule has 0 spiro atoms. The molecule has 0 fully saturated rings. The van der Waals surface area contributed by atoms with Gasteiger partial charge in [-0.15, -0.1) is 11.3 Å². The summed E-state index contributed by atoms with van der Waals surface area (Å²) in [4.78, 5) is 26.1. The second-order valence-corrected chi connectivity index (χ2v) is 5.65. The fraction of sp³-hybridized carbons (Fsp3) is 0.125. The van der Waals surface area contributed by atoms with Gasteiger partial charge in [0.25, 0.3) is 11.8 Å². The van der Waals surface area contributed by atoms with E-state index in [2.05, 4.69) is 0 Å². The van der Waals surface area contributed by atoms with Gasteiger partial charge in [-0.2, -0.15) is 0 Å². The van der Waals surface area contributed by atoms with Gasteiger partial charge in [0.2, 0.25) is 0 Å². The lowest BCUT2D eigenvalue weighted by atomic mass is 10.1. The maximum atomic E-state index is 12.3. The summed E-state index contributed by atoms with van der Waals surface area (Å²) in [5, 5.41) is 11.7. The first-order valence-electron chi connectivity index (χ1n) is 6.55. The maximum absolute atomic E-state index is 12.3. The van der Waals surface area contributed by atoms with E-state index in [0.29, 0.717) is 11.3 Å². The van der Waals surface area contributed by atoms with Gasteiger partial charge in [0.05, 0.1) is 0 Å². The lowest BCUT2D eigenvalue weighted by Gasteiger charge is -2.14. The molecule has 4 nitrogen and oxygen atoms in total. The first kappa shape index (κ1) is 13.6. The van der Waals surface area contributed by atoms with Crippen LogP contribution in [0.15, 0.2) is 53.6 Å². The Morgan fingerprint density at radius 3 is 2.43 bits per heavy atom. The van der Waals surface area contributed by atoms with Crippen LogP contribution in [0.5, 0.6) is 0 Å². The van der Waals surface area contributed by atoms with Crippen molar-refractivity contribution >= 4 is 28.7 Å². The standard InChI is InChI=1S/C16H13NO3S/c18-14-13(12-7-4-10-21-12)15(19)17(16(14)20)9-8-11-5-2-1-3-6-11/h1-7,10,18H,8-9H2. The van der Waals surface area contributed by atoms with Crippen molar-refractivity contribution in [3.05, 3.63) is 64.0 Å². The molecule has 0 bridgehead atoms. The zero-order valence-corrected chi connectivity index (χ0v) is 12.0. The number of carbonyl (C=O) groups is 2. The second-order valence-electron chi connectivity index (χ2n) is 4.70. The highest BCUT2D eigenvalue weighted by Crippen LogP contribution is 2.30. The topological polar surface area (TPSA) is 57.6 Å². The SMILES string of the molecule is O=C1C(O)=C(c2cccs2)C(=O)N1CCc1ccccc1. The quantitative estimate of drug-likeness (QED) is 0.883. The predicted molar refractivity (Wildman–Crippen MR) is 80.7 cm³/mol. The van der Waals surface area contributed by atoms with Crippen LogP contribution in [0.2, 0.25) is 0 Å². The van der Waals surface area contributed by atoms with Gasteiger partial charge in [0, 0.05) is 11.4 Å². The Morgan fingerprint density at radius 2 is 1.76 bits per heavy atom. The van der Waals surface area contributed by atoms with Crippen molar-refractivity contribution in [2.45, 2.75) is 6.42 Å². The molecule has 106 valence electrons. The molecule has 2 amide bonds. The number of rotatable bonds is 4. The molecule has 0 unspecified atom stereocenters. The summed E-state index contributed by atoms with van der Waals surface area (Å²) in [5.41, 5.74) is 1.16. The van der Waals surface area contributed by atoms with E-state index in [4.69, 9.17) is 0 Å². The van der Waals surface area contributed by atoms with Gasteiger partial charge < -0.3 is 5.11 Å². The minimum absolute atomic E-state index is 0.114. The Bertz CT molecular complexity index is 704. The van der Waals surface area contributed by atoms with Crippen molar-refractivity contribution in [1.29, 1.82) is 0 Å². The van der Waals surface area contributed by atoms with Crippen LogP contribution in [0.1, 0.15) is 10.4 Å². The van der Waals surface area contributed by atoms with Crippen LogP contribution < -0.4 is 0 Å².